The molecule has 1 fully saturated rings. The van der Waals surface area contributed by atoms with Crippen molar-refractivity contribution in [1.82, 2.24) is 9.62 Å². The van der Waals surface area contributed by atoms with Gasteiger partial charge in [0.2, 0.25) is 15.9 Å². The number of amides is 1. The van der Waals surface area contributed by atoms with E-state index in [1.54, 1.807) is 36.4 Å². The van der Waals surface area contributed by atoms with Gasteiger partial charge in [0.25, 0.3) is 0 Å². The first-order chi connectivity index (χ1) is 17.3. The number of carbonyl (C=O) groups excluding carboxylic acids is 1. The summed E-state index contributed by atoms with van der Waals surface area (Å²) >= 11 is 5.87. The lowest BCUT2D eigenvalue weighted by atomic mass is 9.97. The van der Waals surface area contributed by atoms with E-state index >= 15 is 0 Å². The van der Waals surface area contributed by atoms with Gasteiger partial charge in [-0.15, -0.1) is 0 Å². The van der Waals surface area contributed by atoms with Gasteiger partial charge in [-0.3, -0.25) is 4.79 Å². The van der Waals surface area contributed by atoms with E-state index < -0.39 is 10.0 Å². The van der Waals surface area contributed by atoms with Gasteiger partial charge < -0.3 is 10.1 Å². The lowest BCUT2D eigenvalue weighted by Gasteiger charge is -2.30. The summed E-state index contributed by atoms with van der Waals surface area (Å²) in [4.78, 5) is 12.7. The van der Waals surface area contributed by atoms with Crippen LogP contribution >= 0.6 is 11.6 Å². The smallest absolute Gasteiger partial charge is 0.223 e. The zero-order valence-corrected chi connectivity index (χ0v) is 21.3. The second-order valence-corrected chi connectivity index (χ2v) is 11.2. The molecule has 4 rings (SSSR count). The molecule has 0 aromatic heterocycles. The van der Waals surface area contributed by atoms with Gasteiger partial charge in [-0.2, -0.15) is 0 Å². The molecule has 1 aliphatic rings. The second-order valence-electron chi connectivity index (χ2n) is 8.83. The van der Waals surface area contributed by atoms with Crippen molar-refractivity contribution in [3.63, 3.8) is 0 Å². The Morgan fingerprint density at radius 3 is 2.14 bits per heavy atom. The van der Waals surface area contributed by atoms with Crippen molar-refractivity contribution in [2.75, 3.05) is 13.1 Å². The summed E-state index contributed by atoms with van der Waals surface area (Å²) < 4.78 is 45.7. The average molecular weight is 531 g/mol. The number of rotatable bonds is 9. The summed E-state index contributed by atoms with van der Waals surface area (Å²) in [6.45, 7) is 1.37. The lowest BCUT2D eigenvalue weighted by Crippen LogP contribution is -2.43. The Labute approximate surface area is 216 Å². The van der Waals surface area contributed by atoms with Crippen LogP contribution in [0.1, 0.15) is 29.5 Å². The highest BCUT2D eigenvalue weighted by molar-refractivity contribution is 7.88. The number of carbonyl (C=O) groups is 1. The Morgan fingerprint density at radius 2 is 1.50 bits per heavy atom. The van der Waals surface area contributed by atoms with E-state index in [0.29, 0.717) is 55.4 Å². The Hall–Kier alpha value is -2.94. The standard InChI is InChI=1S/C27H28ClFN2O4S/c28-24-7-1-22(2-8-24)19-36(33,34)31-15-13-23(14-16-31)27(32)30-17-20-5-11-26(12-6-20)35-18-21-3-9-25(29)10-4-21/h1-12,23H,13-19H2,(H,30,32). The van der Waals surface area contributed by atoms with Crippen LogP contribution in [0.2, 0.25) is 5.02 Å². The van der Waals surface area contributed by atoms with Crippen LogP contribution in [-0.2, 0) is 33.7 Å². The van der Waals surface area contributed by atoms with Crippen molar-refractivity contribution in [2.24, 2.45) is 5.92 Å². The fourth-order valence-electron chi connectivity index (χ4n) is 4.06. The molecule has 190 valence electrons. The maximum Gasteiger partial charge on any atom is 0.223 e. The van der Waals surface area contributed by atoms with E-state index in [1.807, 2.05) is 24.3 Å². The number of hydrogen-bond donors (Lipinski definition) is 1. The first-order valence-corrected chi connectivity index (χ1v) is 13.7. The fraction of sp³-hybridized carbons (Fsp3) is 0.296. The third kappa shape index (κ3) is 7.29. The minimum Gasteiger partial charge on any atom is -0.489 e. The number of benzene rings is 3. The quantitative estimate of drug-likeness (QED) is 0.426. The van der Waals surface area contributed by atoms with E-state index in [1.165, 1.54) is 16.4 Å². The molecule has 1 aliphatic heterocycles. The van der Waals surface area contributed by atoms with Crippen LogP contribution in [0.15, 0.2) is 72.8 Å². The molecular formula is C27H28ClFN2O4S. The molecule has 3 aromatic rings. The Bertz CT molecular complexity index is 1260. The van der Waals surface area contributed by atoms with Crippen molar-refractivity contribution < 1.29 is 22.3 Å². The van der Waals surface area contributed by atoms with Gasteiger partial charge in [0.05, 0.1) is 5.75 Å². The number of nitrogens with one attached hydrogen (secondary N) is 1. The molecule has 1 saturated heterocycles. The number of halogens is 2. The number of piperidine rings is 1. The fourth-order valence-corrected chi connectivity index (χ4v) is 5.75. The molecule has 3 aromatic carbocycles. The summed E-state index contributed by atoms with van der Waals surface area (Å²) in [6.07, 6.45) is 0.976. The predicted octanol–water partition coefficient (Wildman–Crippen LogP) is 4.92. The first-order valence-electron chi connectivity index (χ1n) is 11.7. The van der Waals surface area contributed by atoms with E-state index in [-0.39, 0.29) is 23.4 Å². The summed E-state index contributed by atoms with van der Waals surface area (Å²) in [5.41, 5.74) is 2.49. The Morgan fingerprint density at radius 1 is 0.917 bits per heavy atom. The van der Waals surface area contributed by atoms with Gasteiger partial charge in [-0.1, -0.05) is 48.0 Å². The van der Waals surface area contributed by atoms with Gasteiger partial charge in [-0.25, -0.2) is 17.1 Å². The molecule has 36 heavy (non-hydrogen) atoms. The molecule has 0 aliphatic carbocycles. The number of nitrogens with zero attached hydrogens (tertiary/aromatic N) is 1. The largest absolute Gasteiger partial charge is 0.489 e. The Balaban J connectivity index is 1.20. The maximum atomic E-state index is 13.0. The van der Waals surface area contributed by atoms with Crippen LogP contribution in [0.4, 0.5) is 4.39 Å². The number of sulfonamides is 1. The van der Waals surface area contributed by atoms with Crippen LogP contribution in [0.25, 0.3) is 0 Å². The highest BCUT2D eigenvalue weighted by atomic mass is 35.5. The summed E-state index contributed by atoms with van der Waals surface area (Å²) in [5, 5.41) is 3.52. The molecule has 0 bridgehead atoms. The molecule has 0 radical (unpaired) electrons. The van der Waals surface area contributed by atoms with Gasteiger partial charge in [0, 0.05) is 30.6 Å². The van der Waals surface area contributed by atoms with Gasteiger partial charge in [0.15, 0.2) is 0 Å². The zero-order chi connectivity index (χ0) is 25.5. The molecule has 0 atom stereocenters. The van der Waals surface area contributed by atoms with Gasteiger partial charge in [-0.05, 0) is 65.9 Å². The monoisotopic (exact) mass is 530 g/mol. The topological polar surface area (TPSA) is 75.7 Å². The minimum atomic E-state index is -3.45. The lowest BCUT2D eigenvalue weighted by molar-refractivity contribution is -0.126. The van der Waals surface area contributed by atoms with Crippen LogP contribution in [-0.4, -0.2) is 31.7 Å². The van der Waals surface area contributed by atoms with Gasteiger partial charge >= 0.3 is 0 Å². The minimum absolute atomic E-state index is 0.0682. The van der Waals surface area contributed by atoms with Crippen LogP contribution in [0.3, 0.4) is 0 Å². The second kappa shape index (κ2) is 11.9. The van der Waals surface area contributed by atoms with E-state index in [9.17, 15) is 17.6 Å². The van der Waals surface area contributed by atoms with E-state index in [2.05, 4.69) is 5.32 Å². The summed E-state index contributed by atoms with van der Waals surface area (Å²) in [5.74, 6) is 0.0353. The van der Waals surface area contributed by atoms with Crippen molar-refractivity contribution in [3.8, 4) is 5.75 Å². The third-order valence-corrected chi connectivity index (χ3v) is 8.29. The molecule has 1 N–H and O–H groups in total. The van der Waals surface area contributed by atoms with Crippen molar-refractivity contribution in [2.45, 2.75) is 31.7 Å². The molecule has 9 heteroatoms. The van der Waals surface area contributed by atoms with Crippen LogP contribution < -0.4 is 10.1 Å². The van der Waals surface area contributed by atoms with Crippen LogP contribution in [0.5, 0.6) is 5.75 Å². The van der Waals surface area contributed by atoms with Crippen molar-refractivity contribution in [3.05, 3.63) is 100 Å². The zero-order valence-electron chi connectivity index (χ0n) is 19.7. The molecular weight excluding hydrogens is 503 g/mol. The summed E-state index contributed by atoms with van der Waals surface area (Å²) in [7, 11) is -3.45. The normalized spacial score (nSPS) is 14.9. The third-order valence-electron chi connectivity index (χ3n) is 6.19. The SMILES string of the molecule is O=C(NCc1ccc(OCc2ccc(F)cc2)cc1)C1CCN(S(=O)(=O)Cc2ccc(Cl)cc2)CC1. The van der Waals surface area contributed by atoms with Gasteiger partial charge in [0.1, 0.15) is 18.2 Å². The molecule has 0 spiro atoms. The predicted molar refractivity (Wildman–Crippen MR) is 137 cm³/mol. The Kier molecular flexibility index (Phi) is 8.61. The molecule has 0 unspecified atom stereocenters. The van der Waals surface area contributed by atoms with E-state index in [0.717, 1.165) is 11.1 Å². The molecule has 1 amide bonds. The molecule has 1 heterocycles. The number of hydrogen-bond acceptors (Lipinski definition) is 4. The van der Waals surface area contributed by atoms with Crippen LogP contribution in [0, 0.1) is 11.7 Å². The highest BCUT2D eigenvalue weighted by Crippen LogP contribution is 2.23. The highest BCUT2D eigenvalue weighted by Gasteiger charge is 2.31. The van der Waals surface area contributed by atoms with Crippen molar-refractivity contribution >= 4 is 27.5 Å². The summed E-state index contributed by atoms with van der Waals surface area (Å²) in [6, 6.07) is 20.4. The first kappa shape index (κ1) is 26.1. The molecule has 0 saturated carbocycles. The maximum absolute atomic E-state index is 13.0. The number of ether oxygens (including phenoxy) is 1. The average Bonchev–Trinajstić information content (AvgIpc) is 2.89. The van der Waals surface area contributed by atoms with E-state index in [4.69, 9.17) is 16.3 Å². The molecule has 6 nitrogen and oxygen atoms in total. The van der Waals surface area contributed by atoms with Crippen molar-refractivity contribution in [1.29, 1.82) is 0 Å².